The minimum atomic E-state index is 0.384. The van der Waals surface area contributed by atoms with Gasteiger partial charge in [-0.1, -0.05) is 6.92 Å². The average molecular weight is 307 g/mol. The van der Waals surface area contributed by atoms with Crippen LogP contribution in [0.15, 0.2) is 6.20 Å². The summed E-state index contributed by atoms with van der Waals surface area (Å²) in [6, 6.07) is 0. The van der Waals surface area contributed by atoms with Crippen LogP contribution in [-0.4, -0.2) is 90.0 Å². The number of morpholine rings is 1. The van der Waals surface area contributed by atoms with E-state index in [2.05, 4.69) is 38.7 Å². The lowest BCUT2D eigenvalue weighted by atomic mass is 10.2. The molecule has 6 heteroatoms. The molecule has 1 aromatic rings. The molecular weight excluding hydrogens is 278 g/mol. The topological polar surface area (TPSA) is 47.6 Å². The summed E-state index contributed by atoms with van der Waals surface area (Å²) in [5.41, 5.74) is 2.51. The van der Waals surface area contributed by atoms with Crippen molar-refractivity contribution in [2.45, 2.75) is 26.5 Å². The quantitative estimate of drug-likeness (QED) is 0.861. The summed E-state index contributed by atoms with van der Waals surface area (Å²) >= 11 is 0. The fraction of sp³-hybridized carbons (Fsp3) is 0.812. The number of aryl methyl sites for hydroxylation is 1. The van der Waals surface area contributed by atoms with Crippen LogP contribution >= 0.6 is 0 Å². The van der Waals surface area contributed by atoms with Gasteiger partial charge in [0.05, 0.1) is 24.6 Å². The number of hydrogen-bond acceptors (Lipinski definition) is 5. The molecule has 2 aliphatic rings. The number of aromatic amines is 1. The first-order valence-electron chi connectivity index (χ1n) is 8.52. The molecule has 0 spiro atoms. The number of aromatic nitrogens is 2. The van der Waals surface area contributed by atoms with Gasteiger partial charge < -0.3 is 4.74 Å². The van der Waals surface area contributed by atoms with Crippen LogP contribution in [0.1, 0.15) is 18.2 Å². The van der Waals surface area contributed by atoms with Crippen LogP contribution in [-0.2, 0) is 11.3 Å². The van der Waals surface area contributed by atoms with E-state index in [1.807, 2.05) is 6.20 Å². The number of nitrogens with zero attached hydrogens (tertiary/aromatic N) is 4. The molecule has 0 radical (unpaired) electrons. The molecule has 1 atom stereocenters. The summed E-state index contributed by atoms with van der Waals surface area (Å²) in [6.45, 7) is 15.1. The van der Waals surface area contributed by atoms with Crippen LogP contribution in [0.25, 0.3) is 0 Å². The van der Waals surface area contributed by atoms with Crippen molar-refractivity contribution in [2.24, 2.45) is 0 Å². The molecule has 124 valence electrons. The first kappa shape index (κ1) is 15.9. The van der Waals surface area contributed by atoms with Crippen molar-refractivity contribution in [1.82, 2.24) is 24.9 Å². The van der Waals surface area contributed by atoms with Crippen molar-refractivity contribution in [1.29, 1.82) is 0 Å². The third kappa shape index (κ3) is 4.07. The zero-order valence-electron chi connectivity index (χ0n) is 13.9. The number of nitrogens with one attached hydrogen (secondary N) is 1. The lowest BCUT2D eigenvalue weighted by Crippen LogP contribution is -2.52. The molecule has 2 aliphatic heterocycles. The predicted octanol–water partition coefficient (Wildman–Crippen LogP) is 0.556. The standard InChI is InChI=1S/C16H29N5O/c1-3-19-8-9-22-15(11-19)12-20-4-6-21(7-5-20)13-16-14(2)10-17-18-16/h10,15H,3-9,11-13H2,1-2H3,(H,17,18). The molecule has 0 aliphatic carbocycles. The number of piperazine rings is 1. The molecule has 22 heavy (non-hydrogen) atoms. The lowest BCUT2D eigenvalue weighted by molar-refractivity contribution is -0.0470. The highest BCUT2D eigenvalue weighted by Crippen LogP contribution is 2.12. The Kier molecular flexibility index (Phi) is 5.46. The number of hydrogen-bond donors (Lipinski definition) is 1. The smallest absolute Gasteiger partial charge is 0.0829 e. The molecular formula is C16H29N5O. The van der Waals surface area contributed by atoms with E-state index in [1.165, 1.54) is 11.3 Å². The average Bonchev–Trinajstić information content (AvgIpc) is 2.94. The number of likely N-dealkylation sites (N-methyl/N-ethyl adjacent to an activating group) is 1. The van der Waals surface area contributed by atoms with Gasteiger partial charge in [-0.2, -0.15) is 5.10 Å². The van der Waals surface area contributed by atoms with Crippen molar-refractivity contribution < 1.29 is 4.74 Å². The van der Waals surface area contributed by atoms with E-state index in [0.717, 1.165) is 65.5 Å². The Balaban J connectivity index is 1.41. The van der Waals surface area contributed by atoms with Gasteiger partial charge >= 0.3 is 0 Å². The third-order valence-electron chi connectivity index (χ3n) is 4.91. The van der Waals surface area contributed by atoms with Gasteiger partial charge in [-0.25, -0.2) is 0 Å². The second kappa shape index (κ2) is 7.55. The van der Waals surface area contributed by atoms with Crippen molar-refractivity contribution in [3.05, 3.63) is 17.5 Å². The van der Waals surface area contributed by atoms with Crippen molar-refractivity contribution >= 4 is 0 Å². The number of H-pyrrole nitrogens is 1. The van der Waals surface area contributed by atoms with Crippen LogP contribution in [0, 0.1) is 6.92 Å². The molecule has 3 rings (SSSR count). The molecule has 0 saturated carbocycles. The van der Waals surface area contributed by atoms with Gasteiger partial charge in [-0.3, -0.25) is 19.8 Å². The molecule has 2 saturated heterocycles. The zero-order valence-corrected chi connectivity index (χ0v) is 13.9. The lowest BCUT2D eigenvalue weighted by Gasteiger charge is -2.39. The summed E-state index contributed by atoms with van der Waals surface area (Å²) in [5.74, 6) is 0. The van der Waals surface area contributed by atoms with E-state index in [1.54, 1.807) is 0 Å². The Morgan fingerprint density at radius 1 is 1.18 bits per heavy atom. The van der Waals surface area contributed by atoms with Gasteiger partial charge in [-0.05, 0) is 19.0 Å². The van der Waals surface area contributed by atoms with Gasteiger partial charge in [0, 0.05) is 52.4 Å². The SMILES string of the molecule is CCN1CCOC(CN2CCN(Cc3[nH]ncc3C)CC2)C1. The Bertz CT molecular complexity index is 455. The highest BCUT2D eigenvalue weighted by molar-refractivity contribution is 5.13. The van der Waals surface area contributed by atoms with Crippen LogP contribution in [0.3, 0.4) is 0 Å². The highest BCUT2D eigenvalue weighted by Gasteiger charge is 2.24. The van der Waals surface area contributed by atoms with Gasteiger partial charge in [0.15, 0.2) is 0 Å². The van der Waals surface area contributed by atoms with Gasteiger partial charge in [0.2, 0.25) is 0 Å². The molecule has 1 aromatic heterocycles. The molecule has 6 nitrogen and oxygen atoms in total. The fourth-order valence-corrected chi connectivity index (χ4v) is 3.35. The summed E-state index contributed by atoms with van der Waals surface area (Å²) in [6.07, 6.45) is 2.29. The van der Waals surface area contributed by atoms with E-state index in [9.17, 15) is 0 Å². The van der Waals surface area contributed by atoms with E-state index in [0.29, 0.717) is 6.10 Å². The monoisotopic (exact) mass is 307 g/mol. The Labute approximate surface area is 133 Å². The van der Waals surface area contributed by atoms with Crippen molar-refractivity contribution in [3.8, 4) is 0 Å². The normalized spacial score (nSPS) is 25.6. The Hall–Kier alpha value is -0.950. The fourth-order valence-electron chi connectivity index (χ4n) is 3.35. The minimum absolute atomic E-state index is 0.384. The van der Waals surface area contributed by atoms with E-state index in [-0.39, 0.29) is 0 Å². The van der Waals surface area contributed by atoms with Gasteiger partial charge in [-0.15, -0.1) is 0 Å². The third-order valence-corrected chi connectivity index (χ3v) is 4.91. The van der Waals surface area contributed by atoms with Crippen molar-refractivity contribution in [2.75, 3.05) is 59.0 Å². The maximum Gasteiger partial charge on any atom is 0.0829 e. The first-order valence-corrected chi connectivity index (χ1v) is 8.52. The molecule has 1 N–H and O–H groups in total. The van der Waals surface area contributed by atoms with Crippen LogP contribution in [0.5, 0.6) is 0 Å². The summed E-state index contributed by atoms with van der Waals surface area (Å²) in [7, 11) is 0. The first-order chi connectivity index (χ1) is 10.7. The number of rotatable bonds is 5. The van der Waals surface area contributed by atoms with Crippen molar-refractivity contribution in [3.63, 3.8) is 0 Å². The molecule has 0 amide bonds. The second-order valence-corrected chi connectivity index (χ2v) is 6.49. The van der Waals surface area contributed by atoms with Crippen LogP contribution in [0.2, 0.25) is 0 Å². The molecule has 2 fully saturated rings. The second-order valence-electron chi connectivity index (χ2n) is 6.49. The molecule has 3 heterocycles. The predicted molar refractivity (Wildman–Crippen MR) is 86.9 cm³/mol. The Morgan fingerprint density at radius 3 is 2.64 bits per heavy atom. The van der Waals surface area contributed by atoms with E-state index >= 15 is 0 Å². The van der Waals surface area contributed by atoms with Gasteiger partial charge in [0.1, 0.15) is 0 Å². The Morgan fingerprint density at radius 2 is 1.95 bits per heavy atom. The summed E-state index contributed by atoms with van der Waals surface area (Å²) < 4.78 is 5.93. The number of ether oxygens (including phenoxy) is 1. The largest absolute Gasteiger partial charge is 0.374 e. The van der Waals surface area contributed by atoms with Crippen LogP contribution in [0.4, 0.5) is 0 Å². The van der Waals surface area contributed by atoms with Crippen LogP contribution < -0.4 is 0 Å². The summed E-state index contributed by atoms with van der Waals surface area (Å²) in [5, 5.41) is 7.22. The zero-order chi connectivity index (χ0) is 15.4. The highest BCUT2D eigenvalue weighted by atomic mass is 16.5. The maximum absolute atomic E-state index is 5.93. The maximum atomic E-state index is 5.93. The molecule has 0 bridgehead atoms. The summed E-state index contributed by atoms with van der Waals surface area (Å²) in [4.78, 5) is 7.56. The minimum Gasteiger partial charge on any atom is -0.374 e. The van der Waals surface area contributed by atoms with Gasteiger partial charge in [0.25, 0.3) is 0 Å². The van der Waals surface area contributed by atoms with E-state index < -0.39 is 0 Å². The van der Waals surface area contributed by atoms with E-state index in [4.69, 9.17) is 4.74 Å². The molecule has 0 aromatic carbocycles. The molecule has 1 unspecified atom stereocenters.